The fraction of sp³-hybridized carbons (Fsp3) is 0.269. The molecule has 5 nitrogen and oxygen atoms in total. The summed E-state index contributed by atoms with van der Waals surface area (Å²) in [4.78, 5) is 29.4. The summed E-state index contributed by atoms with van der Waals surface area (Å²) in [6.45, 7) is 6.40. The van der Waals surface area contributed by atoms with Crippen molar-refractivity contribution in [1.82, 2.24) is 4.98 Å². The smallest absolute Gasteiger partial charge is 0.311 e. The predicted molar refractivity (Wildman–Crippen MR) is 120 cm³/mol. The molecule has 0 aliphatic carbocycles. The number of hydrogen-bond acceptors (Lipinski definition) is 5. The van der Waals surface area contributed by atoms with Crippen LogP contribution in [0.15, 0.2) is 60.8 Å². The van der Waals surface area contributed by atoms with Crippen molar-refractivity contribution < 1.29 is 19.1 Å². The number of pyridine rings is 1. The van der Waals surface area contributed by atoms with Crippen LogP contribution in [-0.2, 0) is 4.79 Å². The Bertz CT molecular complexity index is 1070. The minimum Gasteiger partial charge on any atom is -0.493 e. The zero-order valence-electron chi connectivity index (χ0n) is 18.2. The molecule has 0 spiro atoms. The van der Waals surface area contributed by atoms with Gasteiger partial charge in [-0.05, 0) is 74.6 Å². The van der Waals surface area contributed by atoms with Gasteiger partial charge in [0.15, 0.2) is 0 Å². The Morgan fingerprint density at radius 3 is 2.48 bits per heavy atom. The van der Waals surface area contributed by atoms with Crippen LogP contribution in [0, 0.1) is 20.8 Å². The molecule has 0 unspecified atom stereocenters. The number of ether oxygens (including phenoxy) is 2. The highest BCUT2D eigenvalue weighted by atomic mass is 16.5. The lowest BCUT2D eigenvalue weighted by Gasteiger charge is -2.11. The topological polar surface area (TPSA) is 65.5 Å². The third-order valence-corrected chi connectivity index (χ3v) is 4.96. The quantitative estimate of drug-likeness (QED) is 0.202. The van der Waals surface area contributed by atoms with Gasteiger partial charge < -0.3 is 9.47 Å². The van der Waals surface area contributed by atoms with E-state index < -0.39 is 0 Å². The maximum Gasteiger partial charge on any atom is 0.311 e. The van der Waals surface area contributed by atoms with E-state index in [1.807, 2.05) is 39.0 Å². The van der Waals surface area contributed by atoms with E-state index in [0.717, 1.165) is 28.9 Å². The van der Waals surface area contributed by atoms with Gasteiger partial charge in [0, 0.05) is 12.6 Å². The van der Waals surface area contributed by atoms with E-state index in [9.17, 15) is 9.59 Å². The second kappa shape index (κ2) is 10.5. The van der Waals surface area contributed by atoms with Crippen molar-refractivity contribution in [1.29, 1.82) is 0 Å². The van der Waals surface area contributed by atoms with Gasteiger partial charge in [0.25, 0.3) is 0 Å². The van der Waals surface area contributed by atoms with Gasteiger partial charge >= 0.3 is 5.97 Å². The number of aryl methyl sites for hydroxylation is 3. The average Bonchev–Trinajstić information content (AvgIpc) is 2.76. The van der Waals surface area contributed by atoms with Gasteiger partial charge in [0.1, 0.15) is 17.2 Å². The number of rotatable bonds is 9. The third-order valence-electron chi connectivity index (χ3n) is 4.96. The summed E-state index contributed by atoms with van der Waals surface area (Å²) >= 11 is 0. The van der Waals surface area contributed by atoms with Gasteiger partial charge in [-0.1, -0.05) is 30.3 Å². The Balaban J connectivity index is 1.52. The van der Waals surface area contributed by atoms with Crippen molar-refractivity contribution in [3.8, 4) is 11.5 Å². The second-order valence-corrected chi connectivity index (χ2v) is 7.54. The number of ketones is 1. The molecular formula is C26H27NO4. The van der Waals surface area contributed by atoms with E-state index in [2.05, 4.69) is 11.1 Å². The average molecular weight is 418 g/mol. The molecule has 0 aliphatic rings. The number of esters is 1. The zero-order valence-corrected chi connectivity index (χ0v) is 18.2. The molecule has 31 heavy (non-hydrogen) atoms. The van der Waals surface area contributed by atoms with Crippen LogP contribution < -0.4 is 9.47 Å². The van der Waals surface area contributed by atoms with Gasteiger partial charge in [0.05, 0.1) is 12.2 Å². The number of nitrogens with zero attached hydrogens (tertiary/aromatic N) is 1. The van der Waals surface area contributed by atoms with Crippen molar-refractivity contribution in [2.75, 3.05) is 6.61 Å². The summed E-state index contributed by atoms with van der Waals surface area (Å²) < 4.78 is 11.3. The first-order chi connectivity index (χ1) is 15.0. The minimum absolute atomic E-state index is 0.251. The van der Waals surface area contributed by atoms with Gasteiger partial charge in [-0.3, -0.25) is 14.6 Å². The summed E-state index contributed by atoms with van der Waals surface area (Å²) in [5.74, 6) is 0.502. The second-order valence-electron chi connectivity index (χ2n) is 7.54. The Labute approximate surface area is 183 Å². The van der Waals surface area contributed by atoms with Crippen LogP contribution in [-0.4, -0.2) is 23.3 Å². The Morgan fingerprint density at radius 1 is 0.871 bits per heavy atom. The van der Waals surface area contributed by atoms with E-state index in [1.165, 1.54) is 0 Å². The van der Waals surface area contributed by atoms with Crippen molar-refractivity contribution in [2.45, 2.75) is 40.0 Å². The standard InChI is InChI=1S/C26H27NO4/c1-18-13-14-19(2)23(17-18)30-16-7-6-12-24(28)31-22-11-5-4-10-21(22)26(29)25-20(3)9-8-15-27-25/h4-5,8-11,13-15,17H,6-7,12,16H2,1-3H3. The minimum atomic E-state index is -0.371. The van der Waals surface area contributed by atoms with Crippen LogP contribution >= 0.6 is 0 Å². The highest BCUT2D eigenvalue weighted by Gasteiger charge is 2.19. The van der Waals surface area contributed by atoms with Gasteiger partial charge in [0.2, 0.25) is 5.78 Å². The van der Waals surface area contributed by atoms with Crippen LogP contribution in [0.4, 0.5) is 0 Å². The molecule has 3 aromatic rings. The maximum absolute atomic E-state index is 12.9. The van der Waals surface area contributed by atoms with Crippen LogP contribution in [0.2, 0.25) is 0 Å². The monoisotopic (exact) mass is 417 g/mol. The summed E-state index contributed by atoms with van der Waals surface area (Å²) in [6, 6.07) is 16.5. The number of hydrogen-bond donors (Lipinski definition) is 0. The van der Waals surface area contributed by atoms with Crippen molar-refractivity contribution >= 4 is 11.8 Å². The highest BCUT2D eigenvalue weighted by molar-refractivity contribution is 6.10. The van der Waals surface area contributed by atoms with Gasteiger partial charge in [-0.15, -0.1) is 0 Å². The van der Waals surface area contributed by atoms with Crippen LogP contribution in [0.1, 0.15) is 52.0 Å². The molecule has 0 amide bonds. The normalized spacial score (nSPS) is 10.5. The number of unbranched alkanes of at least 4 members (excludes halogenated alkanes) is 1. The predicted octanol–water partition coefficient (Wildman–Crippen LogP) is 5.39. The number of carbonyl (C=O) groups excluding carboxylic acids is 2. The molecule has 160 valence electrons. The molecule has 0 atom stereocenters. The molecule has 2 aromatic carbocycles. The zero-order chi connectivity index (χ0) is 22.2. The molecular weight excluding hydrogens is 390 g/mol. The van der Waals surface area contributed by atoms with Gasteiger partial charge in [-0.2, -0.15) is 0 Å². The number of carbonyl (C=O) groups is 2. The molecule has 5 heteroatoms. The lowest BCUT2D eigenvalue weighted by atomic mass is 10.0. The van der Waals surface area contributed by atoms with Crippen molar-refractivity contribution in [2.24, 2.45) is 0 Å². The molecule has 0 fully saturated rings. The van der Waals surface area contributed by atoms with E-state index in [0.29, 0.717) is 24.3 Å². The van der Waals surface area contributed by atoms with E-state index in [1.54, 1.807) is 36.5 Å². The molecule has 1 heterocycles. The first-order valence-electron chi connectivity index (χ1n) is 10.4. The molecule has 0 bridgehead atoms. The Kier molecular flexibility index (Phi) is 7.55. The number of benzene rings is 2. The molecule has 0 radical (unpaired) electrons. The maximum atomic E-state index is 12.9. The van der Waals surface area contributed by atoms with E-state index in [4.69, 9.17) is 9.47 Å². The SMILES string of the molecule is Cc1ccc(C)c(OCCCCC(=O)Oc2ccccc2C(=O)c2ncccc2C)c1. The van der Waals surface area contributed by atoms with E-state index >= 15 is 0 Å². The third kappa shape index (κ3) is 6.01. The number of aromatic nitrogens is 1. The summed E-state index contributed by atoms with van der Waals surface area (Å²) in [6.07, 6.45) is 3.20. The molecule has 0 aliphatic heterocycles. The lowest BCUT2D eigenvalue weighted by Crippen LogP contribution is -2.13. The highest BCUT2D eigenvalue weighted by Crippen LogP contribution is 2.23. The van der Waals surface area contributed by atoms with Crippen LogP contribution in [0.3, 0.4) is 0 Å². The van der Waals surface area contributed by atoms with Crippen LogP contribution in [0.25, 0.3) is 0 Å². The molecule has 0 saturated heterocycles. The summed E-state index contributed by atoms with van der Waals surface area (Å²) in [5, 5.41) is 0. The van der Waals surface area contributed by atoms with Crippen LogP contribution in [0.5, 0.6) is 11.5 Å². The van der Waals surface area contributed by atoms with Crippen molar-refractivity contribution in [3.63, 3.8) is 0 Å². The van der Waals surface area contributed by atoms with Gasteiger partial charge in [-0.25, -0.2) is 0 Å². The largest absolute Gasteiger partial charge is 0.493 e. The Morgan fingerprint density at radius 2 is 1.68 bits per heavy atom. The summed E-state index contributed by atoms with van der Waals surface area (Å²) in [5.41, 5.74) is 3.70. The molecule has 0 saturated carbocycles. The number of para-hydroxylation sites is 1. The molecule has 0 N–H and O–H groups in total. The fourth-order valence-electron chi connectivity index (χ4n) is 3.18. The van der Waals surface area contributed by atoms with Crippen molar-refractivity contribution in [3.05, 3.63) is 88.7 Å². The fourth-order valence-corrected chi connectivity index (χ4v) is 3.18. The lowest BCUT2D eigenvalue weighted by molar-refractivity contribution is -0.134. The molecule has 1 aromatic heterocycles. The first-order valence-corrected chi connectivity index (χ1v) is 10.4. The first kappa shape index (κ1) is 22.2. The molecule has 3 rings (SSSR count). The van der Waals surface area contributed by atoms with E-state index in [-0.39, 0.29) is 23.9 Å². The Hall–Kier alpha value is -3.47. The summed E-state index contributed by atoms with van der Waals surface area (Å²) in [7, 11) is 0.